The second-order valence-corrected chi connectivity index (χ2v) is 4.58. The van der Waals surface area contributed by atoms with E-state index in [1.54, 1.807) is 0 Å². The Balaban J connectivity index is 2.02. The van der Waals surface area contributed by atoms with Gasteiger partial charge in [-0.25, -0.2) is 0 Å². The van der Waals surface area contributed by atoms with Crippen LogP contribution in [0.1, 0.15) is 11.1 Å². The normalized spacial score (nSPS) is 14.1. The van der Waals surface area contributed by atoms with E-state index in [-0.39, 0.29) is 0 Å². The zero-order valence-corrected chi connectivity index (χ0v) is 11.2. The van der Waals surface area contributed by atoms with Crippen molar-refractivity contribution < 1.29 is 10.0 Å². The van der Waals surface area contributed by atoms with E-state index in [4.69, 9.17) is 0 Å². The minimum absolute atomic E-state index is 0.654. The number of hydrogen-bond acceptors (Lipinski definition) is 5. The maximum absolute atomic E-state index is 9.39. The van der Waals surface area contributed by atoms with E-state index in [1.807, 2.05) is 66.7 Å². The predicted octanol–water partition coefficient (Wildman–Crippen LogP) is 1.22. The van der Waals surface area contributed by atoms with Crippen molar-refractivity contribution in [3.8, 4) is 0 Å². The molecule has 0 amide bonds. The molecule has 0 fully saturated rings. The lowest BCUT2D eigenvalue weighted by Crippen LogP contribution is -2.47. The molecule has 0 unspecified atom stereocenters. The highest BCUT2D eigenvalue weighted by Crippen LogP contribution is 2.18. The highest BCUT2D eigenvalue weighted by molar-refractivity contribution is 6.37. The number of hydrogen-bond donors (Lipinski definition) is 3. The highest BCUT2D eigenvalue weighted by Gasteiger charge is 2.24. The first-order valence-electron chi connectivity index (χ1n) is 6.57. The molecule has 21 heavy (non-hydrogen) atoms. The summed E-state index contributed by atoms with van der Waals surface area (Å²) in [6.45, 7) is 0. The van der Waals surface area contributed by atoms with Crippen LogP contribution < -0.4 is 5.43 Å². The second-order valence-electron chi connectivity index (χ2n) is 4.58. The fraction of sp³-hybridized carbons (Fsp3) is 0. The maximum Gasteiger partial charge on any atom is 0.625 e. The van der Waals surface area contributed by atoms with Gasteiger partial charge in [-0.15, -0.1) is 0 Å². The molecule has 3 N–H and O–H groups in total. The van der Waals surface area contributed by atoms with Crippen molar-refractivity contribution >= 4 is 18.7 Å². The number of hydrazone groups is 1. The first kappa shape index (κ1) is 13.4. The Bertz CT molecular complexity index is 672. The van der Waals surface area contributed by atoms with Gasteiger partial charge in [-0.3, -0.25) is 5.43 Å². The zero-order chi connectivity index (χ0) is 14.7. The average Bonchev–Trinajstić information content (AvgIpc) is 2.56. The summed E-state index contributed by atoms with van der Waals surface area (Å²) in [5.74, 6) is 0. The van der Waals surface area contributed by atoms with Gasteiger partial charge in [0.15, 0.2) is 0 Å². The van der Waals surface area contributed by atoms with Gasteiger partial charge in [-0.2, -0.15) is 10.1 Å². The topological polar surface area (TPSA) is 68.1 Å². The van der Waals surface area contributed by atoms with E-state index in [1.165, 1.54) is 0 Å². The summed E-state index contributed by atoms with van der Waals surface area (Å²) in [5, 5.41) is 24.0. The number of allylic oxidation sites excluding steroid dienone is 1. The Hall–Kier alpha value is -2.57. The van der Waals surface area contributed by atoms with Crippen molar-refractivity contribution in [3.63, 3.8) is 0 Å². The molecule has 0 bridgehead atoms. The van der Waals surface area contributed by atoms with Crippen LogP contribution in [0.15, 0.2) is 71.8 Å². The number of nitrogens with zero attached hydrogens (tertiary/aromatic N) is 2. The van der Waals surface area contributed by atoms with E-state index in [2.05, 4.69) is 10.5 Å². The summed E-state index contributed by atoms with van der Waals surface area (Å²) in [7, 11) is -1.73. The molecule has 0 saturated heterocycles. The van der Waals surface area contributed by atoms with Crippen molar-refractivity contribution in [1.82, 2.24) is 10.5 Å². The molecule has 2 aromatic carbocycles. The summed E-state index contributed by atoms with van der Waals surface area (Å²) in [4.78, 5) is 0. The number of nitrogens with one attached hydrogen (secondary N) is 1. The average molecular weight is 279 g/mol. The SMILES string of the molecule is OB(O)N1N=C(c2ccccc2)C=C(c2ccccc2)N1. The van der Waals surface area contributed by atoms with Gasteiger partial charge < -0.3 is 10.0 Å². The van der Waals surface area contributed by atoms with Crippen molar-refractivity contribution in [2.75, 3.05) is 0 Å². The quantitative estimate of drug-likeness (QED) is 0.739. The molecule has 1 heterocycles. The predicted molar refractivity (Wildman–Crippen MR) is 82.6 cm³/mol. The highest BCUT2D eigenvalue weighted by atomic mass is 16.4. The lowest BCUT2D eigenvalue weighted by molar-refractivity contribution is 0.248. The third kappa shape index (κ3) is 2.96. The molecule has 2 aromatic rings. The molecule has 6 heteroatoms. The first-order chi connectivity index (χ1) is 10.2. The Morgan fingerprint density at radius 1 is 0.857 bits per heavy atom. The van der Waals surface area contributed by atoms with Crippen molar-refractivity contribution in [2.24, 2.45) is 5.10 Å². The van der Waals surface area contributed by atoms with Crippen LogP contribution in [0.3, 0.4) is 0 Å². The Morgan fingerprint density at radius 3 is 2.00 bits per heavy atom. The van der Waals surface area contributed by atoms with Crippen LogP contribution >= 0.6 is 0 Å². The van der Waals surface area contributed by atoms with Crippen molar-refractivity contribution in [2.45, 2.75) is 0 Å². The first-order valence-corrected chi connectivity index (χ1v) is 6.57. The third-order valence-electron chi connectivity index (χ3n) is 3.10. The zero-order valence-electron chi connectivity index (χ0n) is 11.2. The van der Waals surface area contributed by atoms with Crippen molar-refractivity contribution in [1.29, 1.82) is 0 Å². The lowest BCUT2D eigenvalue weighted by Gasteiger charge is -2.27. The number of hydrazine groups is 1. The van der Waals surface area contributed by atoms with Gasteiger partial charge in [-0.1, -0.05) is 60.7 Å². The van der Waals surface area contributed by atoms with E-state index < -0.39 is 7.25 Å². The molecular weight excluding hydrogens is 265 g/mol. The Morgan fingerprint density at radius 2 is 1.43 bits per heavy atom. The summed E-state index contributed by atoms with van der Waals surface area (Å²) in [5.41, 5.74) is 6.12. The molecule has 0 radical (unpaired) electrons. The van der Waals surface area contributed by atoms with Crippen LogP contribution in [-0.4, -0.2) is 28.0 Å². The summed E-state index contributed by atoms with van der Waals surface area (Å²) < 4.78 is 0. The number of rotatable bonds is 3. The van der Waals surface area contributed by atoms with Gasteiger partial charge in [0, 0.05) is 5.56 Å². The van der Waals surface area contributed by atoms with E-state index >= 15 is 0 Å². The minimum atomic E-state index is -1.73. The largest absolute Gasteiger partial charge is 0.625 e. The van der Waals surface area contributed by atoms with Crippen LogP contribution in [-0.2, 0) is 0 Å². The standard InChI is InChI=1S/C15H14BN3O2/c20-16(21)19-17-14(12-7-3-1-4-8-12)11-15(18-19)13-9-5-2-6-10-13/h1-11,17,20-21H. The second kappa shape index (κ2) is 5.82. The fourth-order valence-corrected chi connectivity index (χ4v) is 2.09. The van der Waals surface area contributed by atoms with Gasteiger partial charge in [0.05, 0.1) is 11.4 Å². The molecule has 1 aliphatic rings. The van der Waals surface area contributed by atoms with Crippen LogP contribution in [0.25, 0.3) is 5.70 Å². The molecule has 0 aliphatic carbocycles. The van der Waals surface area contributed by atoms with Gasteiger partial charge in [-0.05, 0) is 11.6 Å². The third-order valence-corrected chi connectivity index (χ3v) is 3.10. The van der Waals surface area contributed by atoms with Crippen LogP contribution in [0, 0.1) is 0 Å². The van der Waals surface area contributed by atoms with Gasteiger partial charge in [0.1, 0.15) is 0 Å². The smallest absolute Gasteiger partial charge is 0.406 e. The van der Waals surface area contributed by atoms with E-state index in [0.717, 1.165) is 21.9 Å². The molecule has 3 rings (SSSR count). The van der Waals surface area contributed by atoms with E-state index in [9.17, 15) is 10.0 Å². The molecular formula is C15H14BN3O2. The van der Waals surface area contributed by atoms with Crippen LogP contribution in [0.5, 0.6) is 0 Å². The lowest BCUT2D eigenvalue weighted by atomic mass is 10.0. The molecule has 5 nitrogen and oxygen atoms in total. The maximum atomic E-state index is 9.39. The van der Waals surface area contributed by atoms with Crippen LogP contribution in [0.2, 0.25) is 0 Å². The summed E-state index contributed by atoms with van der Waals surface area (Å²) in [6, 6.07) is 19.2. The molecule has 1 aliphatic heterocycles. The number of benzene rings is 2. The van der Waals surface area contributed by atoms with Gasteiger partial charge in [0.25, 0.3) is 0 Å². The molecule has 0 atom stereocenters. The van der Waals surface area contributed by atoms with E-state index in [0.29, 0.717) is 5.71 Å². The monoisotopic (exact) mass is 279 g/mol. The minimum Gasteiger partial charge on any atom is -0.406 e. The van der Waals surface area contributed by atoms with Crippen LogP contribution in [0.4, 0.5) is 0 Å². The molecule has 0 aromatic heterocycles. The summed E-state index contributed by atoms with van der Waals surface area (Å²) >= 11 is 0. The van der Waals surface area contributed by atoms with Gasteiger partial charge >= 0.3 is 7.25 Å². The van der Waals surface area contributed by atoms with Gasteiger partial charge in [0.2, 0.25) is 0 Å². The fourth-order valence-electron chi connectivity index (χ4n) is 2.09. The molecule has 104 valence electrons. The molecule has 0 spiro atoms. The molecule has 0 saturated carbocycles. The van der Waals surface area contributed by atoms with Crippen molar-refractivity contribution in [3.05, 3.63) is 77.9 Å². The Kier molecular flexibility index (Phi) is 3.72. The summed E-state index contributed by atoms with van der Waals surface area (Å²) in [6.07, 6.45) is 1.88. The Labute approximate surface area is 123 Å².